The summed E-state index contributed by atoms with van der Waals surface area (Å²) in [5, 5.41) is 4.27. The minimum absolute atomic E-state index is 0.0868. The Morgan fingerprint density at radius 2 is 2.00 bits per heavy atom. The van der Waals surface area contributed by atoms with Crippen LogP contribution in [-0.4, -0.2) is 9.78 Å². The van der Waals surface area contributed by atoms with Crippen LogP contribution in [0.25, 0.3) is 0 Å². The number of nitrogens with two attached hydrogens (primary N) is 1. The molecule has 1 aromatic heterocycles. The maximum atomic E-state index is 5.78. The van der Waals surface area contributed by atoms with Crippen LogP contribution < -0.4 is 5.73 Å². The molecule has 0 bridgehead atoms. The molecular formula is C8H15N3. The zero-order valence-electron chi connectivity index (χ0n) is 7.55. The molecular weight excluding hydrogens is 138 g/mol. The molecule has 1 atom stereocenters. The molecule has 0 aromatic carbocycles. The van der Waals surface area contributed by atoms with Crippen LogP contribution in [0.3, 0.4) is 0 Å². The number of aromatic nitrogens is 2. The zero-order valence-corrected chi connectivity index (χ0v) is 7.55. The molecule has 1 rings (SSSR count). The van der Waals surface area contributed by atoms with E-state index in [1.807, 2.05) is 32.5 Å². The van der Waals surface area contributed by atoms with Gasteiger partial charge in [-0.3, -0.25) is 4.68 Å². The molecule has 0 aliphatic rings. The van der Waals surface area contributed by atoms with E-state index in [-0.39, 0.29) is 6.04 Å². The van der Waals surface area contributed by atoms with Crippen molar-refractivity contribution in [2.75, 3.05) is 0 Å². The first-order valence-electron chi connectivity index (χ1n) is 3.79. The summed E-state index contributed by atoms with van der Waals surface area (Å²) >= 11 is 0. The van der Waals surface area contributed by atoms with E-state index in [4.69, 9.17) is 5.73 Å². The number of hydrogen-bond donors (Lipinski definition) is 1. The first-order chi connectivity index (χ1) is 5.04. The van der Waals surface area contributed by atoms with E-state index < -0.39 is 0 Å². The monoisotopic (exact) mass is 153 g/mol. The lowest BCUT2D eigenvalue weighted by Crippen LogP contribution is -2.07. The average molecular weight is 153 g/mol. The van der Waals surface area contributed by atoms with Crippen molar-refractivity contribution in [3.63, 3.8) is 0 Å². The Kier molecular flexibility index (Phi) is 2.00. The first kappa shape index (κ1) is 8.27. The summed E-state index contributed by atoms with van der Waals surface area (Å²) in [6.07, 6.45) is 0. The lowest BCUT2D eigenvalue weighted by Gasteiger charge is -2.04. The largest absolute Gasteiger partial charge is 0.324 e. The van der Waals surface area contributed by atoms with Crippen molar-refractivity contribution < 1.29 is 0 Å². The summed E-state index contributed by atoms with van der Waals surface area (Å²) in [7, 11) is 1.94. The predicted octanol–water partition coefficient (Wildman–Crippen LogP) is 1.06. The second-order valence-corrected chi connectivity index (χ2v) is 3.00. The van der Waals surface area contributed by atoms with Gasteiger partial charge in [0.05, 0.1) is 5.69 Å². The van der Waals surface area contributed by atoms with E-state index in [1.165, 1.54) is 5.56 Å². The van der Waals surface area contributed by atoms with Gasteiger partial charge in [-0.1, -0.05) is 0 Å². The van der Waals surface area contributed by atoms with Crippen LogP contribution in [0, 0.1) is 13.8 Å². The lowest BCUT2D eigenvalue weighted by atomic mass is 10.1. The quantitative estimate of drug-likeness (QED) is 0.655. The standard InChI is InChI=1S/C8H15N3/c1-5(9)8-6(2)10-11(4)7(8)3/h5H,9H2,1-4H3. The topological polar surface area (TPSA) is 43.8 Å². The molecule has 1 heterocycles. The van der Waals surface area contributed by atoms with E-state index in [9.17, 15) is 0 Å². The molecule has 1 unspecified atom stereocenters. The molecule has 0 spiro atoms. The van der Waals surface area contributed by atoms with Crippen molar-refractivity contribution in [2.24, 2.45) is 12.8 Å². The minimum Gasteiger partial charge on any atom is -0.324 e. The summed E-state index contributed by atoms with van der Waals surface area (Å²) < 4.78 is 1.87. The molecule has 0 aliphatic carbocycles. The number of rotatable bonds is 1. The van der Waals surface area contributed by atoms with Crippen molar-refractivity contribution in [3.05, 3.63) is 17.0 Å². The Balaban J connectivity index is 3.22. The van der Waals surface area contributed by atoms with Crippen LogP contribution in [-0.2, 0) is 7.05 Å². The summed E-state index contributed by atoms with van der Waals surface area (Å²) in [6.45, 7) is 6.02. The van der Waals surface area contributed by atoms with Gasteiger partial charge < -0.3 is 5.73 Å². The fraction of sp³-hybridized carbons (Fsp3) is 0.625. The zero-order chi connectivity index (χ0) is 8.59. The summed E-state index contributed by atoms with van der Waals surface area (Å²) in [6, 6.07) is 0.0868. The van der Waals surface area contributed by atoms with Gasteiger partial charge in [0.2, 0.25) is 0 Å². The van der Waals surface area contributed by atoms with Crippen LogP contribution in [0.1, 0.15) is 29.9 Å². The van der Waals surface area contributed by atoms with Gasteiger partial charge in [-0.05, 0) is 20.8 Å². The van der Waals surface area contributed by atoms with Gasteiger partial charge in [-0.15, -0.1) is 0 Å². The second-order valence-electron chi connectivity index (χ2n) is 3.00. The lowest BCUT2D eigenvalue weighted by molar-refractivity contribution is 0.726. The smallest absolute Gasteiger partial charge is 0.0644 e. The van der Waals surface area contributed by atoms with E-state index in [0.717, 1.165) is 11.4 Å². The SMILES string of the molecule is Cc1nn(C)c(C)c1C(C)N. The molecule has 2 N–H and O–H groups in total. The van der Waals surface area contributed by atoms with Crippen LogP contribution in [0.15, 0.2) is 0 Å². The van der Waals surface area contributed by atoms with Gasteiger partial charge in [0.15, 0.2) is 0 Å². The Morgan fingerprint density at radius 1 is 1.45 bits per heavy atom. The molecule has 0 amide bonds. The van der Waals surface area contributed by atoms with Gasteiger partial charge >= 0.3 is 0 Å². The van der Waals surface area contributed by atoms with Crippen molar-refractivity contribution in [1.29, 1.82) is 0 Å². The fourth-order valence-electron chi connectivity index (χ4n) is 1.45. The van der Waals surface area contributed by atoms with Crippen LogP contribution in [0.5, 0.6) is 0 Å². The number of nitrogens with zero attached hydrogens (tertiary/aromatic N) is 2. The fourth-order valence-corrected chi connectivity index (χ4v) is 1.45. The summed E-state index contributed by atoms with van der Waals surface area (Å²) in [5.41, 5.74) is 9.16. The number of hydrogen-bond acceptors (Lipinski definition) is 2. The predicted molar refractivity (Wildman–Crippen MR) is 45.3 cm³/mol. The Hall–Kier alpha value is -0.830. The highest BCUT2D eigenvalue weighted by molar-refractivity contribution is 5.26. The third-order valence-electron chi connectivity index (χ3n) is 2.02. The van der Waals surface area contributed by atoms with Gasteiger partial charge in [0.1, 0.15) is 0 Å². The molecule has 62 valence electrons. The molecule has 3 heteroatoms. The van der Waals surface area contributed by atoms with E-state index >= 15 is 0 Å². The van der Waals surface area contributed by atoms with Crippen molar-refractivity contribution in [2.45, 2.75) is 26.8 Å². The highest BCUT2D eigenvalue weighted by Crippen LogP contribution is 2.17. The number of aryl methyl sites for hydroxylation is 2. The van der Waals surface area contributed by atoms with Crippen LogP contribution >= 0.6 is 0 Å². The molecule has 0 aliphatic heterocycles. The van der Waals surface area contributed by atoms with Gasteiger partial charge in [0.25, 0.3) is 0 Å². The Morgan fingerprint density at radius 3 is 2.18 bits per heavy atom. The molecule has 11 heavy (non-hydrogen) atoms. The molecule has 0 saturated carbocycles. The molecule has 0 saturated heterocycles. The molecule has 1 aromatic rings. The minimum atomic E-state index is 0.0868. The highest BCUT2D eigenvalue weighted by atomic mass is 15.3. The molecule has 3 nitrogen and oxygen atoms in total. The Labute approximate surface area is 67.2 Å². The average Bonchev–Trinajstić information content (AvgIpc) is 2.07. The third-order valence-corrected chi connectivity index (χ3v) is 2.02. The van der Waals surface area contributed by atoms with Crippen molar-refractivity contribution >= 4 is 0 Å². The molecule has 0 radical (unpaired) electrons. The van der Waals surface area contributed by atoms with Crippen molar-refractivity contribution in [1.82, 2.24) is 9.78 Å². The van der Waals surface area contributed by atoms with E-state index in [0.29, 0.717) is 0 Å². The van der Waals surface area contributed by atoms with E-state index in [1.54, 1.807) is 0 Å². The third kappa shape index (κ3) is 1.28. The normalized spacial score (nSPS) is 13.5. The second kappa shape index (κ2) is 2.66. The van der Waals surface area contributed by atoms with Crippen molar-refractivity contribution in [3.8, 4) is 0 Å². The maximum Gasteiger partial charge on any atom is 0.0644 e. The maximum absolute atomic E-state index is 5.78. The first-order valence-corrected chi connectivity index (χ1v) is 3.79. The summed E-state index contributed by atoms with van der Waals surface area (Å²) in [5.74, 6) is 0. The van der Waals surface area contributed by atoms with Gasteiger partial charge in [-0.2, -0.15) is 5.10 Å². The highest BCUT2D eigenvalue weighted by Gasteiger charge is 2.11. The van der Waals surface area contributed by atoms with Gasteiger partial charge in [-0.25, -0.2) is 0 Å². The van der Waals surface area contributed by atoms with Gasteiger partial charge in [0, 0.05) is 24.3 Å². The van der Waals surface area contributed by atoms with E-state index in [2.05, 4.69) is 5.10 Å². The van der Waals surface area contributed by atoms with Crippen LogP contribution in [0.2, 0.25) is 0 Å². The Bertz CT molecular complexity index is 261. The summed E-state index contributed by atoms with van der Waals surface area (Å²) in [4.78, 5) is 0. The van der Waals surface area contributed by atoms with Crippen LogP contribution in [0.4, 0.5) is 0 Å². The molecule has 0 fully saturated rings.